The number of anilines is 1. The Morgan fingerprint density at radius 1 is 0.646 bits per heavy atom. The van der Waals surface area contributed by atoms with Gasteiger partial charge in [0.05, 0.1) is 59.2 Å². The zero-order valence-corrected chi connectivity index (χ0v) is 39.5. The van der Waals surface area contributed by atoms with E-state index < -0.39 is 69.1 Å². The molecule has 0 saturated carbocycles. The number of nitrogens with zero attached hydrogens (tertiary/aromatic N) is 1. The lowest BCUT2D eigenvalue weighted by molar-refractivity contribution is -0.132. The number of benzene rings is 2. The van der Waals surface area contributed by atoms with Crippen LogP contribution < -0.4 is 45.1 Å². The smallest absolute Gasteiger partial charge is 0.475 e. The molecular formula is C44H71B2N5O14. The van der Waals surface area contributed by atoms with E-state index in [0.29, 0.717) is 62.2 Å². The van der Waals surface area contributed by atoms with Crippen LogP contribution in [0.3, 0.4) is 0 Å². The minimum atomic E-state index is -1.76. The number of carbonyl (C=O) groups is 4. The summed E-state index contributed by atoms with van der Waals surface area (Å²) < 4.78 is 22.1. The predicted octanol–water partition coefficient (Wildman–Crippen LogP) is -0.277. The number of hydrogen-bond acceptors (Lipinski definition) is 15. The summed E-state index contributed by atoms with van der Waals surface area (Å²) in [6.45, 7) is 6.35. The van der Waals surface area contributed by atoms with Crippen LogP contribution in [0.1, 0.15) is 75.6 Å². The van der Waals surface area contributed by atoms with Gasteiger partial charge in [-0.2, -0.15) is 0 Å². The first-order valence-electron chi connectivity index (χ1n) is 22.1. The van der Waals surface area contributed by atoms with Crippen LogP contribution in [0.2, 0.25) is 0 Å². The second-order valence-electron chi connectivity index (χ2n) is 17.6. The van der Waals surface area contributed by atoms with Crippen LogP contribution in [-0.2, 0) is 44.9 Å². The fourth-order valence-corrected chi connectivity index (χ4v) is 8.35. The number of fused-ring (bicyclic) bond motifs is 2. The molecule has 10 N–H and O–H groups in total. The van der Waals surface area contributed by atoms with Gasteiger partial charge in [-0.25, -0.2) is 0 Å². The van der Waals surface area contributed by atoms with Crippen molar-refractivity contribution in [1.82, 2.24) is 21.3 Å². The Labute approximate surface area is 383 Å². The molecule has 0 spiro atoms. The highest BCUT2D eigenvalue weighted by molar-refractivity contribution is 6.44. The maximum atomic E-state index is 13.2. The normalized spacial score (nSPS) is 17.1. The van der Waals surface area contributed by atoms with Crippen LogP contribution in [0.4, 0.5) is 5.69 Å². The van der Waals surface area contributed by atoms with Gasteiger partial charge >= 0.3 is 14.2 Å². The number of carbonyl (C=O) groups excluding carboxylic acids is 4. The molecule has 2 aliphatic carbocycles. The first kappa shape index (κ1) is 54.5. The second-order valence-corrected chi connectivity index (χ2v) is 17.6. The number of aliphatic hydroxyl groups is 2. The molecule has 362 valence electrons. The summed E-state index contributed by atoms with van der Waals surface area (Å²) >= 11 is 0. The molecule has 2 aromatic carbocycles. The Morgan fingerprint density at radius 2 is 1.12 bits per heavy atom. The molecule has 6 atom stereocenters. The topological polar surface area (TPSA) is 278 Å². The number of aryl methyl sites for hydroxylation is 1. The van der Waals surface area contributed by atoms with Crippen molar-refractivity contribution in [3.8, 4) is 23.0 Å². The van der Waals surface area contributed by atoms with Crippen LogP contribution in [0.25, 0.3) is 0 Å². The first-order chi connectivity index (χ1) is 30.7. The average molecular weight is 916 g/mol. The van der Waals surface area contributed by atoms with E-state index in [1.54, 1.807) is 28.4 Å². The highest BCUT2D eigenvalue weighted by atomic mass is 16.5. The highest BCUT2D eigenvalue weighted by Gasteiger charge is 2.37. The Balaban J connectivity index is 0.000000353. The molecule has 0 aromatic heterocycles. The van der Waals surface area contributed by atoms with Gasteiger partial charge in [0.1, 0.15) is 17.8 Å². The summed E-state index contributed by atoms with van der Waals surface area (Å²) in [4.78, 5) is 52.9. The molecule has 0 fully saturated rings. The average Bonchev–Trinajstić information content (AvgIpc) is 3.27. The molecule has 4 rings (SSSR count). The van der Waals surface area contributed by atoms with Crippen molar-refractivity contribution in [2.75, 3.05) is 60.6 Å². The monoisotopic (exact) mass is 916 g/mol. The molecule has 65 heavy (non-hydrogen) atoms. The highest BCUT2D eigenvalue weighted by Crippen LogP contribution is 2.52. The van der Waals surface area contributed by atoms with E-state index in [1.165, 1.54) is 0 Å². The fourth-order valence-electron chi connectivity index (χ4n) is 8.35. The fraction of sp³-hybridized carbons (Fsp3) is 0.636. The maximum Gasteiger partial charge on any atom is 0.475 e. The van der Waals surface area contributed by atoms with E-state index in [4.69, 9.17) is 18.9 Å². The van der Waals surface area contributed by atoms with E-state index in [9.17, 15) is 49.5 Å². The Hall–Kier alpha value is -4.79. The first-order valence-corrected chi connectivity index (χ1v) is 22.1. The quantitative estimate of drug-likeness (QED) is 0.0722. The molecule has 21 heteroatoms. The van der Waals surface area contributed by atoms with Gasteiger partial charge in [-0.3, -0.25) is 19.2 Å². The van der Waals surface area contributed by atoms with Gasteiger partial charge in [0, 0.05) is 31.5 Å². The number of amides is 4. The van der Waals surface area contributed by atoms with E-state index in [1.807, 2.05) is 64.9 Å². The lowest BCUT2D eigenvalue weighted by Gasteiger charge is -2.32. The number of ether oxygens (including phenoxy) is 4. The molecule has 2 aromatic rings. The van der Waals surface area contributed by atoms with Crippen LogP contribution >= 0.6 is 0 Å². The summed E-state index contributed by atoms with van der Waals surface area (Å²) in [6.07, 6.45) is 4.02. The van der Waals surface area contributed by atoms with E-state index >= 15 is 0 Å². The standard InChI is InChI=1S/C24H40BN3O8.C20H31BN2O6/c1-13(2)10-18(25(32)33)27-24(31)17(12-29)26-23(30)14-8-9-15-16(11-14)19(28(3)4)21(35-6)22(36-7)20(15)34-5;1-12(2)8-18(21(27)28)23-20(26)17(11-24)22-19(25)15-5-4-14-10-16(29-3)7-6-13(14)9-15/h13-14,17-18,29,32-33H,8-12H2,1-7H3,(H,26,30)(H,27,31);6-7,10,12,15,17-18,24,27-28H,4-5,8-9,11H2,1-3H3,(H,22,25)(H,23,26)/t14?,17-,18-;15?,17-,18-/m00/s1. The lowest BCUT2D eigenvalue weighted by atomic mass is 9.75. The number of aliphatic hydroxyl groups excluding tert-OH is 2. The Kier molecular flexibility index (Phi) is 21.6. The van der Waals surface area contributed by atoms with Crippen molar-refractivity contribution in [2.24, 2.45) is 23.7 Å². The molecule has 19 nitrogen and oxygen atoms in total. The third-order valence-corrected chi connectivity index (χ3v) is 11.6. The molecule has 0 heterocycles. The third-order valence-electron chi connectivity index (χ3n) is 11.6. The number of methoxy groups -OCH3 is 4. The van der Waals surface area contributed by atoms with E-state index in [-0.39, 0.29) is 29.6 Å². The molecular weight excluding hydrogens is 844 g/mol. The molecule has 0 radical (unpaired) electrons. The van der Waals surface area contributed by atoms with Gasteiger partial charge in [0.2, 0.25) is 29.4 Å². The predicted molar refractivity (Wildman–Crippen MR) is 246 cm³/mol. The largest absolute Gasteiger partial charge is 0.497 e. The van der Waals surface area contributed by atoms with Crippen LogP contribution in [-0.4, -0.2) is 148 Å². The van der Waals surface area contributed by atoms with Gasteiger partial charge < -0.3 is 75.4 Å². The maximum absolute atomic E-state index is 13.2. The van der Waals surface area contributed by atoms with E-state index in [0.717, 1.165) is 40.1 Å². The van der Waals surface area contributed by atoms with Crippen molar-refractivity contribution in [2.45, 2.75) is 103 Å². The summed E-state index contributed by atoms with van der Waals surface area (Å²) in [5.74, 6) is -1.96. The van der Waals surface area contributed by atoms with Crippen molar-refractivity contribution >= 4 is 43.6 Å². The lowest BCUT2D eigenvalue weighted by Crippen LogP contribution is -2.56. The number of rotatable bonds is 21. The summed E-state index contributed by atoms with van der Waals surface area (Å²) in [5, 5.41) is 67.7. The number of nitrogens with one attached hydrogen (secondary N) is 4. The third kappa shape index (κ3) is 14.9. The van der Waals surface area contributed by atoms with Crippen molar-refractivity contribution in [1.29, 1.82) is 0 Å². The summed E-state index contributed by atoms with van der Waals surface area (Å²) in [6, 6.07) is 3.41. The zero-order valence-electron chi connectivity index (χ0n) is 39.5. The molecule has 4 amide bonds. The molecule has 0 aliphatic heterocycles. The molecule has 2 unspecified atom stereocenters. The van der Waals surface area contributed by atoms with Gasteiger partial charge in [-0.15, -0.1) is 0 Å². The Bertz CT molecular complexity index is 1900. The molecule has 0 saturated heterocycles. The Morgan fingerprint density at radius 3 is 1.54 bits per heavy atom. The minimum Gasteiger partial charge on any atom is -0.497 e. The van der Waals surface area contributed by atoms with Crippen LogP contribution in [0, 0.1) is 23.7 Å². The van der Waals surface area contributed by atoms with Gasteiger partial charge in [-0.05, 0) is 92.0 Å². The van der Waals surface area contributed by atoms with E-state index in [2.05, 4.69) is 21.3 Å². The number of hydrogen-bond donors (Lipinski definition) is 10. The van der Waals surface area contributed by atoms with Gasteiger partial charge in [-0.1, -0.05) is 33.8 Å². The SMILES string of the molecule is COc1c2c(c(N(C)C)c(OC)c1OC)CC(C(=O)N[C@@H](CO)C(=O)N[C@@H](CC(C)C)B(O)O)CC2.COc1ccc2c(c1)CCC(C(=O)N[C@@H](CO)C(=O)N[C@@H](CC(C)C)B(O)O)C2. The molecule has 2 aliphatic rings. The van der Waals surface area contributed by atoms with Crippen molar-refractivity contribution < 1.29 is 68.4 Å². The van der Waals surface area contributed by atoms with Crippen molar-refractivity contribution in [3.63, 3.8) is 0 Å². The zero-order chi connectivity index (χ0) is 48.7. The van der Waals surface area contributed by atoms with Gasteiger partial charge in [0.25, 0.3) is 0 Å². The summed E-state index contributed by atoms with van der Waals surface area (Å²) in [5.41, 5.74) is 4.84. The molecule has 0 bridgehead atoms. The second kappa shape index (κ2) is 25.8. The van der Waals surface area contributed by atoms with Gasteiger partial charge in [0.15, 0.2) is 11.5 Å². The summed E-state index contributed by atoms with van der Waals surface area (Å²) in [7, 11) is 6.55. The van der Waals surface area contributed by atoms with Crippen LogP contribution in [0.5, 0.6) is 23.0 Å². The van der Waals surface area contributed by atoms with Crippen molar-refractivity contribution in [3.05, 3.63) is 40.5 Å². The minimum absolute atomic E-state index is 0.0973. The van der Waals surface area contributed by atoms with Crippen LogP contribution in [0.15, 0.2) is 18.2 Å².